The zero-order valence-corrected chi connectivity index (χ0v) is 12.9. The Balaban J connectivity index is 1.58. The van der Waals surface area contributed by atoms with E-state index >= 15 is 0 Å². The summed E-state index contributed by atoms with van der Waals surface area (Å²) in [7, 11) is 2.16. The van der Waals surface area contributed by atoms with Gasteiger partial charge in [-0.05, 0) is 37.9 Å². The van der Waals surface area contributed by atoms with Gasteiger partial charge in [0.2, 0.25) is 5.91 Å². The van der Waals surface area contributed by atoms with Gasteiger partial charge in [-0.3, -0.25) is 9.69 Å². The van der Waals surface area contributed by atoms with E-state index in [4.69, 9.17) is 0 Å². The highest BCUT2D eigenvalue weighted by Crippen LogP contribution is 2.27. The fourth-order valence-corrected chi connectivity index (χ4v) is 3.09. The monoisotopic (exact) mass is 287 g/mol. The largest absolute Gasteiger partial charge is 0.354 e. The first-order valence-electron chi connectivity index (χ1n) is 7.95. The van der Waals surface area contributed by atoms with Crippen LogP contribution in [-0.4, -0.2) is 43.0 Å². The van der Waals surface area contributed by atoms with Gasteiger partial charge < -0.3 is 10.6 Å². The molecule has 0 saturated heterocycles. The minimum absolute atomic E-state index is 0.0617. The number of hydrogen-bond donors (Lipinski definition) is 2. The summed E-state index contributed by atoms with van der Waals surface area (Å²) in [6.07, 6.45) is 2.60. The van der Waals surface area contributed by atoms with E-state index < -0.39 is 0 Å². The lowest BCUT2D eigenvalue weighted by Gasteiger charge is -2.28. The molecule has 2 N–H and O–H groups in total. The summed E-state index contributed by atoms with van der Waals surface area (Å²) in [4.78, 5) is 14.9. The number of nitrogens with one attached hydrogen (secondary N) is 2. The lowest BCUT2D eigenvalue weighted by molar-refractivity contribution is -0.122. The average Bonchev–Trinajstić information content (AvgIpc) is 3.35. The molecule has 0 aromatic heterocycles. The molecule has 2 unspecified atom stereocenters. The van der Waals surface area contributed by atoms with E-state index in [0.717, 1.165) is 25.7 Å². The summed E-state index contributed by atoms with van der Waals surface area (Å²) in [5.74, 6) is 0.0825. The minimum Gasteiger partial charge on any atom is -0.354 e. The van der Waals surface area contributed by atoms with Crippen molar-refractivity contribution in [1.29, 1.82) is 0 Å². The highest BCUT2D eigenvalue weighted by atomic mass is 16.1. The molecule has 1 saturated carbocycles. The molecule has 4 heteroatoms. The number of carbonyl (C=O) groups excluding carboxylic acids is 1. The molecule has 1 amide bonds. The van der Waals surface area contributed by atoms with Crippen molar-refractivity contribution in [1.82, 2.24) is 15.5 Å². The van der Waals surface area contributed by atoms with Crippen LogP contribution in [0.4, 0.5) is 0 Å². The Hall–Kier alpha value is -1.39. The zero-order valence-electron chi connectivity index (χ0n) is 12.9. The molecule has 2 atom stereocenters. The van der Waals surface area contributed by atoms with Crippen LogP contribution in [0.15, 0.2) is 24.3 Å². The molecule has 114 valence electrons. The number of likely N-dealkylation sites (N-methyl/N-ethyl adjacent to an activating group) is 1. The topological polar surface area (TPSA) is 44.4 Å². The van der Waals surface area contributed by atoms with E-state index in [0.29, 0.717) is 6.04 Å². The van der Waals surface area contributed by atoms with Gasteiger partial charge in [0.25, 0.3) is 0 Å². The van der Waals surface area contributed by atoms with E-state index in [1.807, 2.05) is 12.1 Å². The molecule has 0 bridgehead atoms. The highest BCUT2D eigenvalue weighted by Gasteiger charge is 2.30. The number of carbonyl (C=O) groups is 1. The summed E-state index contributed by atoms with van der Waals surface area (Å²) >= 11 is 0. The summed E-state index contributed by atoms with van der Waals surface area (Å²) in [5, 5.41) is 6.48. The molecule has 1 aromatic carbocycles. The summed E-state index contributed by atoms with van der Waals surface area (Å²) in [5.41, 5.74) is 2.42. The smallest absolute Gasteiger partial charge is 0.228 e. The van der Waals surface area contributed by atoms with E-state index in [-0.39, 0.29) is 11.8 Å². The molecule has 1 aromatic rings. The van der Waals surface area contributed by atoms with Crippen molar-refractivity contribution < 1.29 is 4.79 Å². The first-order valence-corrected chi connectivity index (χ1v) is 7.95. The van der Waals surface area contributed by atoms with Crippen LogP contribution >= 0.6 is 0 Å². The molecule has 0 spiro atoms. The molecule has 1 aliphatic carbocycles. The lowest BCUT2D eigenvalue weighted by Crippen LogP contribution is -2.45. The second kappa shape index (κ2) is 6.16. The third kappa shape index (κ3) is 3.27. The molecular weight excluding hydrogens is 262 g/mol. The Morgan fingerprint density at radius 2 is 2.19 bits per heavy atom. The quantitative estimate of drug-likeness (QED) is 0.862. The van der Waals surface area contributed by atoms with Gasteiger partial charge >= 0.3 is 0 Å². The van der Waals surface area contributed by atoms with E-state index in [9.17, 15) is 4.79 Å². The van der Waals surface area contributed by atoms with Gasteiger partial charge in [-0.15, -0.1) is 0 Å². The Bertz CT molecular complexity index is 513. The van der Waals surface area contributed by atoms with Crippen molar-refractivity contribution in [2.24, 2.45) is 0 Å². The molecule has 1 heterocycles. The van der Waals surface area contributed by atoms with E-state index in [1.54, 1.807) is 0 Å². The molecular formula is C17H25N3O. The van der Waals surface area contributed by atoms with Crippen LogP contribution in [0.1, 0.15) is 36.8 Å². The van der Waals surface area contributed by atoms with E-state index in [2.05, 4.69) is 41.6 Å². The van der Waals surface area contributed by atoms with Crippen LogP contribution in [0, 0.1) is 0 Å². The highest BCUT2D eigenvalue weighted by molar-refractivity contribution is 5.84. The summed E-state index contributed by atoms with van der Waals surface area (Å²) in [6, 6.07) is 9.37. The molecule has 1 fully saturated rings. The predicted octanol–water partition coefficient (Wildman–Crippen LogP) is 1.47. The minimum atomic E-state index is -0.0617. The Morgan fingerprint density at radius 1 is 1.43 bits per heavy atom. The van der Waals surface area contributed by atoms with Crippen molar-refractivity contribution >= 4 is 5.91 Å². The van der Waals surface area contributed by atoms with Crippen LogP contribution < -0.4 is 10.6 Å². The van der Waals surface area contributed by atoms with Crippen LogP contribution in [0.25, 0.3) is 0 Å². The fourth-order valence-electron chi connectivity index (χ4n) is 3.09. The SMILES string of the molecule is CC(CNC(=O)C1CNCc2ccccc21)N(C)C1CC1. The number of rotatable bonds is 5. The van der Waals surface area contributed by atoms with Crippen molar-refractivity contribution in [3.05, 3.63) is 35.4 Å². The van der Waals surface area contributed by atoms with Crippen molar-refractivity contribution in [2.45, 2.75) is 44.3 Å². The normalized spacial score (nSPS) is 22.7. The third-order valence-electron chi connectivity index (χ3n) is 4.80. The first-order chi connectivity index (χ1) is 10.2. The molecule has 21 heavy (non-hydrogen) atoms. The van der Waals surface area contributed by atoms with E-state index in [1.165, 1.54) is 24.0 Å². The zero-order chi connectivity index (χ0) is 14.8. The van der Waals surface area contributed by atoms with Gasteiger partial charge in [0.15, 0.2) is 0 Å². The van der Waals surface area contributed by atoms with Crippen molar-refractivity contribution in [3.63, 3.8) is 0 Å². The standard InChI is InChI=1S/C17H25N3O/c1-12(20(2)14-7-8-14)9-19-17(21)16-11-18-10-13-5-3-4-6-15(13)16/h3-6,12,14,16,18H,7-11H2,1-2H3,(H,19,21). The summed E-state index contributed by atoms with van der Waals surface area (Å²) < 4.78 is 0. The van der Waals surface area contributed by atoms with Gasteiger partial charge in [0, 0.05) is 31.7 Å². The second-order valence-corrected chi connectivity index (χ2v) is 6.37. The van der Waals surface area contributed by atoms with Crippen molar-refractivity contribution in [2.75, 3.05) is 20.1 Å². The lowest BCUT2D eigenvalue weighted by atomic mass is 9.90. The van der Waals surface area contributed by atoms with Crippen LogP contribution in [-0.2, 0) is 11.3 Å². The van der Waals surface area contributed by atoms with Crippen LogP contribution in [0.3, 0.4) is 0 Å². The first kappa shape index (κ1) is 14.5. The van der Waals surface area contributed by atoms with Gasteiger partial charge in [-0.25, -0.2) is 0 Å². The molecule has 3 rings (SSSR count). The maximum absolute atomic E-state index is 12.5. The Kier molecular flexibility index (Phi) is 4.27. The number of fused-ring (bicyclic) bond motifs is 1. The maximum Gasteiger partial charge on any atom is 0.228 e. The maximum atomic E-state index is 12.5. The van der Waals surface area contributed by atoms with Crippen molar-refractivity contribution in [3.8, 4) is 0 Å². The number of nitrogens with zero attached hydrogens (tertiary/aromatic N) is 1. The predicted molar refractivity (Wildman–Crippen MR) is 84.1 cm³/mol. The van der Waals surface area contributed by atoms with Crippen LogP contribution in [0.5, 0.6) is 0 Å². The Morgan fingerprint density at radius 3 is 2.95 bits per heavy atom. The fraction of sp³-hybridized carbons (Fsp3) is 0.588. The van der Waals surface area contributed by atoms with Crippen LogP contribution in [0.2, 0.25) is 0 Å². The van der Waals surface area contributed by atoms with Gasteiger partial charge in [-0.1, -0.05) is 24.3 Å². The molecule has 2 aliphatic rings. The summed E-state index contributed by atoms with van der Waals surface area (Å²) in [6.45, 7) is 4.51. The number of hydrogen-bond acceptors (Lipinski definition) is 3. The molecule has 1 aliphatic heterocycles. The molecule has 0 radical (unpaired) electrons. The van der Waals surface area contributed by atoms with Gasteiger partial charge in [0.1, 0.15) is 0 Å². The number of benzene rings is 1. The second-order valence-electron chi connectivity index (χ2n) is 6.37. The molecule has 4 nitrogen and oxygen atoms in total. The van der Waals surface area contributed by atoms with Gasteiger partial charge in [-0.2, -0.15) is 0 Å². The van der Waals surface area contributed by atoms with Gasteiger partial charge in [0.05, 0.1) is 5.92 Å². The third-order valence-corrected chi connectivity index (χ3v) is 4.80. The number of amides is 1. The Labute approximate surface area is 126 Å². The average molecular weight is 287 g/mol.